The maximum atomic E-state index is 11.9. The van der Waals surface area contributed by atoms with E-state index in [1.54, 1.807) is 0 Å². The van der Waals surface area contributed by atoms with Crippen LogP contribution in [-0.4, -0.2) is 61.5 Å². The quantitative estimate of drug-likeness (QED) is 0.766. The number of amides is 1. The number of carbonyl (C=O) groups is 1. The second-order valence-corrected chi connectivity index (χ2v) is 5.28. The van der Waals surface area contributed by atoms with Gasteiger partial charge in [-0.1, -0.05) is 0 Å². The zero-order valence-corrected chi connectivity index (χ0v) is 11.0. The number of rotatable bonds is 5. The molecule has 4 nitrogen and oxygen atoms in total. The van der Waals surface area contributed by atoms with Crippen LogP contribution in [-0.2, 0) is 4.79 Å². The van der Waals surface area contributed by atoms with E-state index in [0.29, 0.717) is 11.9 Å². The molecule has 1 saturated heterocycles. The predicted molar refractivity (Wildman–Crippen MR) is 69.0 cm³/mol. The molecule has 0 aromatic heterocycles. The van der Waals surface area contributed by atoms with Crippen molar-refractivity contribution in [3.8, 4) is 0 Å². The summed E-state index contributed by atoms with van der Waals surface area (Å²) in [6, 6.07) is 0.543. The van der Waals surface area contributed by atoms with Gasteiger partial charge in [-0.05, 0) is 32.2 Å². The molecule has 0 bridgehead atoms. The third-order valence-electron chi connectivity index (χ3n) is 4.09. The highest BCUT2D eigenvalue weighted by Gasteiger charge is 2.25. The van der Waals surface area contributed by atoms with Gasteiger partial charge >= 0.3 is 0 Å². The molecule has 2 rings (SSSR count). The fourth-order valence-electron chi connectivity index (χ4n) is 2.54. The van der Waals surface area contributed by atoms with Gasteiger partial charge in [0, 0.05) is 45.7 Å². The van der Waals surface area contributed by atoms with Gasteiger partial charge in [0.15, 0.2) is 0 Å². The first-order valence-corrected chi connectivity index (χ1v) is 6.96. The minimum atomic E-state index is 0.338. The molecular formula is C13H25N3O. The van der Waals surface area contributed by atoms with Crippen LogP contribution in [0.2, 0.25) is 0 Å². The fraction of sp³-hybridized carbons (Fsp3) is 0.923. The third-order valence-corrected chi connectivity index (χ3v) is 4.09. The molecule has 1 heterocycles. The van der Waals surface area contributed by atoms with Crippen LogP contribution in [0.3, 0.4) is 0 Å². The molecule has 0 aromatic carbocycles. The van der Waals surface area contributed by atoms with Gasteiger partial charge in [0.2, 0.25) is 5.91 Å². The summed E-state index contributed by atoms with van der Waals surface area (Å²) in [5.41, 5.74) is 0. The molecule has 0 unspecified atom stereocenters. The summed E-state index contributed by atoms with van der Waals surface area (Å²) in [5, 5.41) is 3.35. The normalized spacial score (nSPS) is 22.2. The van der Waals surface area contributed by atoms with Crippen LogP contribution in [0.15, 0.2) is 0 Å². The van der Waals surface area contributed by atoms with E-state index in [9.17, 15) is 4.79 Å². The Labute approximate surface area is 104 Å². The number of nitrogens with zero attached hydrogens (tertiary/aromatic N) is 2. The summed E-state index contributed by atoms with van der Waals surface area (Å²) in [6.07, 6.45) is 5.44. The standard InChI is InChI=1S/C13H25N3O/c1-15(12-4-2-5-12)13(17)6-3-9-16-10-7-14-8-11-16/h12,14H,2-11H2,1H3. The highest BCUT2D eigenvalue weighted by molar-refractivity contribution is 5.76. The Hall–Kier alpha value is -0.610. The second kappa shape index (κ2) is 6.36. The molecule has 2 fully saturated rings. The topological polar surface area (TPSA) is 35.6 Å². The highest BCUT2D eigenvalue weighted by atomic mass is 16.2. The Kier molecular flexibility index (Phi) is 4.80. The highest BCUT2D eigenvalue weighted by Crippen LogP contribution is 2.24. The Balaban J connectivity index is 1.58. The molecule has 0 radical (unpaired) electrons. The number of hydrogen-bond donors (Lipinski definition) is 1. The van der Waals surface area contributed by atoms with E-state index in [0.717, 1.165) is 45.6 Å². The summed E-state index contributed by atoms with van der Waals surface area (Å²) in [7, 11) is 1.97. The SMILES string of the molecule is CN(C(=O)CCCN1CCNCC1)C1CCC1. The zero-order valence-electron chi connectivity index (χ0n) is 11.0. The lowest BCUT2D eigenvalue weighted by molar-refractivity contribution is -0.133. The molecule has 1 saturated carbocycles. The van der Waals surface area contributed by atoms with Crippen molar-refractivity contribution in [1.29, 1.82) is 0 Å². The molecule has 1 aliphatic carbocycles. The monoisotopic (exact) mass is 239 g/mol. The lowest BCUT2D eigenvalue weighted by Crippen LogP contribution is -2.44. The van der Waals surface area contributed by atoms with Gasteiger partial charge < -0.3 is 15.1 Å². The van der Waals surface area contributed by atoms with E-state index >= 15 is 0 Å². The number of carbonyl (C=O) groups excluding carboxylic acids is 1. The van der Waals surface area contributed by atoms with Crippen molar-refractivity contribution >= 4 is 5.91 Å². The van der Waals surface area contributed by atoms with E-state index in [1.165, 1.54) is 19.3 Å². The van der Waals surface area contributed by atoms with Crippen LogP contribution >= 0.6 is 0 Å². The lowest BCUT2D eigenvalue weighted by atomic mass is 9.91. The van der Waals surface area contributed by atoms with E-state index in [4.69, 9.17) is 0 Å². The largest absolute Gasteiger partial charge is 0.343 e. The summed E-state index contributed by atoms with van der Waals surface area (Å²) in [5.74, 6) is 0.338. The van der Waals surface area contributed by atoms with E-state index in [2.05, 4.69) is 10.2 Å². The Morgan fingerprint density at radius 2 is 2.06 bits per heavy atom. The number of piperazine rings is 1. The molecular weight excluding hydrogens is 214 g/mol. The first-order chi connectivity index (χ1) is 8.27. The summed E-state index contributed by atoms with van der Waals surface area (Å²) in [6.45, 7) is 5.52. The van der Waals surface area contributed by atoms with Crippen molar-refractivity contribution < 1.29 is 4.79 Å². The van der Waals surface area contributed by atoms with Crippen molar-refractivity contribution in [2.24, 2.45) is 0 Å². The van der Waals surface area contributed by atoms with Crippen molar-refractivity contribution in [2.45, 2.75) is 38.1 Å². The van der Waals surface area contributed by atoms with Crippen LogP contribution in [0.5, 0.6) is 0 Å². The molecule has 4 heteroatoms. The third kappa shape index (κ3) is 3.68. The van der Waals surface area contributed by atoms with Gasteiger partial charge in [-0.2, -0.15) is 0 Å². The van der Waals surface area contributed by atoms with Crippen LogP contribution in [0, 0.1) is 0 Å². The Morgan fingerprint density at radius 1 is 1.35 bits per heavy atom. The lowest BCUT2D eigenvalue weighted by Gasteiger charge is -2.35. The van der Waals surface area contributed by atoms with E-state index < -0.39 is 0 Å². The average molecular weight is 239 g/mol. The Morgan fingerprint density at radius 3 is 2.65 bits per heavy atom. The summed E-state index contributed by atoms with van der Waals surface area (Å²) < 4.78 is 0. The van der Waals surface area contributed by atoms with Crippen molar-refractivity contribution in [1.82, 2.24) is 15.1 Å². The summed E-state index contributed by atoms with van der Waals surface area (Å²) >= 11 is 0. The van der Waals surface area contributed by atoms with Gasteiger partial charge in [0.25, 0.3) is 0 Å². The maximum Gasteiger partial charge on any atom is 0.222 e. The van der Waals surface area contributed by atoms with Crippen LogP contribution in [0.4, 0.5) is 0 Å². The molecule has 98 valence electrons. The van der Waals surface area contributed by atoms with E-state index in [1.807, 2.05) is 11.9 Å². The molecule has 0 aromatic rings. The minimum absolute atomic E-state index is 0.338. The minimum Gasteiger partial charge on any atom is -0.343 e. The number of nitrogens with one attached hydrogen (secondary N) is 1. The van der Waals surface area contributed by atoms with Crippen LogP contribution in [0.1, 0.15) is 32.1 Å². The second-order valence-electron chi connectivity index (χ2n) is 5.28. The van der Waals surface area contributed by atoms with Crippen molar-refractivity contribution in [3.63, 3.8) is 0 Å². The first kappa shape index (κ1) is 12.8. The molecule has 2 aliphatic rings. The predicted octanol–water partition coefficient (Wildman–Crippen LogP) is 0.683. The molecule has 17 heavy (non-hydrogen) atoms. The number of hydrogen-bond acceptors (Lipinski definition) is 3. The van der Waals surface area contributed by atoms with Gasteiger partial charge in [-0.15, -0.1) is 0 Å². The average Bonchev–Trinajstić information content (AvgIpc) is 2.28. The van der Waals surface area contributed by atoms with Gasteiger partial charge in [0.1, 0.15) is 0 Å². The van der Waals surface area contributed by atoms with Gasteiger partial charge in [-0.25, -0.2) is 0 Å². The Bertz CT molecular complexity index is 247. The molecule has 1 N–H and O–H groups in total. The molecule has 0 atom stereocenters. The van der Waals surface area contributed by atoms with Crippen LogP contribution in [0.25, 0.3) is 0 Å². The molecule has 1 amide bonds. The van der Waals surface area contributed by atoms with Gasteiger partial charge in [-0.3, -0.25) is 4.79 Å². The molecule has 1 aliphatic heterocycles. The van der Waals surface area contributed by atoms with Crippen molar-refractivity contribution in [2.75, 3.05) is 39.8 Å². The first-order valence-electron chi connectivity index (χ1n) is 6.96. The zero-order chi connectivity index (χ0) is 12.1. The maximum absolute atomic E-state index is 11.9. The molecule has 0 spiro atoms. The van der Waals surface area contributed by atoms with Gasteiger partial charge in [0.05, 0.1) is 0 Å². The smallest absolute Gasteiger partial charge is 0.222 e. The summed E-state index contributed by atoms with van der Waals surface area (Å²) in [4.78, 5) is 16.3. The van der Waals surface area contributed by atoms with Crippen molar-refractivity contribution in [3.05, 3.63) is 0 Å². The van der Waals surface area contributed by atoms with E-state index in [-0.39, 0.29) is 0 Å². The van der Waals surface area contributed by atoms with Crippen LogP contribution < -0.4 is 5.32 Å². The fourth-order valence-corrected chi connectivity index (χ4v) is 2.54.